The van der Waals surface area contributed by atoms with Crippen LogP contribution in [0, 0.1) is 0 Å². The topological polar surface area (TPSA) is 47.3 Å². The van der Waals surface area contributed by atoms with E-state index in [1.165, 1.54) is 16.0 Å². The molecule has 2 aromatic carbocycles. The molecule has 2 atom stereocenters. The molecule has 21 heavy (non-hydrogen) atoms. The molecule has 0 bridgehead atoms. The summed E-state index contributed by atoms with van der Waals surface area (Å²) >= 11 is 1.82. The molecule has 3 nitrogen and oxygen atoms in total. The molecule has 0 fully saturated rings. The van der Waals surface area contributed by atoms with Crippen LogP contribution >= 0.6 is 11.8 Å². The molecule has 1 aliphatic heterocycles. The van der Waals surface area contributed by atoms with E-state index < -0.39 is 0 Å². The Hall–Kier alpha value is -1.49. The van der Waals surface area contributed by atoms with Gasteiger partial charge in [0.05, 0.1) is 6.04 Å². The number of aryl methyl sites for hydroxylation is 1. The molecular weight excluding hydrogens is 280 g/mol. The lowest BCUT2D eigenvalue weighted by Gasteiger charge is -2.31. The number of thioether (sulfide) groups is 1. The Kier molecular flexibility index (Phi) is 4.48. The standard InChI is InChI=1S/C17H20N2OS/c1-2-12-6-5-7-13(10-12)17(19-18)15-11-21-16-9-4-3-8-14(16)20-15/h3-10,15,17,19H,2,11,18H2,1H3. The third-order valence-corrected chi connectivity index (χ3v) is 4.94. The lowest BCUT2D eigenvalue weighted by molar-refractivity contribution is 0.167. The zero-order valence-electron chi connectivity index (χ0n) is 12.1. The van der Waals surface area contributed by atoms with Crippen LogP contribution in [0.3, 0.4) is 0 Å². The Balaban J connectivity index is 1.84. The molecule has 0 saturated carbocycles. The van der Waals surface area contributed by atoms with E-state index in [0.29, 0.717) is 0 Å². The number of hydrogen-bond donors (Lipinski definition) is 2. The summed E-state index contributed by atoms with van der Waals surface area (Å²) in [6.07, 6.45) is 1.05. The number of hydrazine groups is 1. The molecule has 2 aromatic rings. The van der Waals surface area contributed by atoms with Gasteiger partial charge < -0.3 is 4.74 Å². The first-order valence-electron chi connectivity index (χ1n) is 7.25. The van der Waals surface area contributed by atoms with Crippen molar-refractivity contribution in [2.24, 2.45) is 5.84 Å². The van der Waals surface area contributed by atoms with Gasteiger partial charge in [0.15, 0.2) is 0 Å². The van der Waals surface area contributed by atoms with Gasteiger partial charge in [0.2, 0.25) is 0 Å². The van der Waals surface area contributed by atoms with E-state index in [1.54, 1.807) is 0 Å². The van der Waals surface area contributed by atoms with Gasteiger partial charge >= 0.3 is 0 Å². The van der Waals surface area contributed by atoms with Crippen molar-refractivity contribution < 1.29 is 4.74 Å². The fourth-order valence-corrected chi connectivity index (χ4v) is 3.66. The zero-order valence-corrected chi connectivity index (χ0v) is 12.9. The molecule has 0 saturated heterocycles. The number of rotatable bonds is 4. The first-order chi connectivity index (χ1) is 10.3. The van der Waals surface area contributed by atoms with Crippen LogP contribution in [0.25, 0.3) is 0 Å². The first kappa shape index (κ1) is 14.4. The van der Waals surface area contributed by atoms with E-state index in [-0.39, 0.29) is 12.1 Å². The van der Waals surface area contributed by atoms with Gasteiger partial charge in [-0.15, -0.1) is 11.8 Å². The summed E-state index contributed by atoms with van der Waals surface area (Å²) < 4.78 is 6.15. The molecule has 1 aliphatic rings. The maximum atomic E-state index is 6.15. The van der Waals surface area contributed by atoms with Crippen molar-refractivity contribution in [1.82, 2.24) is 5.43 Å². The van der Waals surface area contributed by atoms with Crippen molar-refractivity contribution in [1.29, 1.82) is 0 Å². The Labute approximate surface area is 129 Å². The second-order valence-electron chi connectivity index (χ2n) is 5.16. The van der Waals surface area contributed by atoms with Gasteiger partial charge in [0.1, 0.15) is 11.9 Å². The summed E-state index contributed by atoms with van der Waals surface area (Å²) in [7, 11) is 0. The van der Waals surface area contributed by atoms with Gasteiger partial charge in [-0.25, -0.2) is 5.43 Å². The SMILES string of the molecule is CCc1cccc(C(NN)C2CSc3ccccc3O2)c1. The van der Waals surface area contributed by atoms with Crippen LogP contribution < -0.4 is 16.0 Å². The van der Waals surface area contributed by atoms with Crippen molar-refractivity contribution in [3.63, 3.8) is 0 Å². The van der Waals surface area contributed by atoms with Gasteiger partial charge in [-0.3, -0.25) is 5.84 Å². The Morgan fingerprint density at radius 3 is 2.95 bits per heavy atom. The van der Waals surface area contributed by atoms with Crippen molar-refractivity contribution in [2.75, 3.05) is 5.75 Å². The third-order valence-electron chi connectivity index (χ3n) is 3.80. The molecule has 110 valence electrons. The number of para-hydroxylation sites is 1. The second kappa shape index (κ2) is 6.52. The maximum absolute atomic E-state index is 6.15. The number of nitrogens with one attached hydrogen (secondary N) is 1. The molecule has 0 amide bonds. The number of ether oxygens (including phenoxy) is 1. The minimum Gasteiger partial charge on any atom is -0.486 e. The van der Waals surface area contributed by atoms with E-state index in [1.807, 2.05) is 30.0 Å². The van der Waals surface area contributed by atoms with Crippen LogP contribution in [-0.2, 0) is 6.42 Å². The van der Waals surface area contributed by atoms with Crippen LogP contribution in [-0.4, -0.2) is 11.9 Å². The van der Waals surface area contributed by atoms with Crippen molar-refractivity contribution in [2.45, 2.75) is 30.4 Å². The van der Waals surface area contributed by atoms with Crippen LogP contribution in [0.15, 0.2) is 53.4 Å². The molecular formula is C17H20N2OS. The molecule has 0 spiro atoms. The normalized spacial score (nSPS) is 18.7. The molecule has 2 unspecified atom stereocenters. The highest BCUT2D eigenvalue weighted by atomic mass is 32.2. The fraction of sp³-hybridized carbons (Fsp3) is 0.294. The Bertz CT molecular complexity index is 617. The maximum Gasteiger partial charge on any atom is 0.133 e. The summed E-state index contributed by atoms with van der Waals surface area (Å²) in [6, 6.07) is 16.7. The van der Waals surface area contributed by atoms with E-state index in [2.05, 4.69) is 42.7 Å². The molecule has 1 heterocycles. The summed E-state index contributed by atoms with van der Waals surface area (Å²) in [5.74, 6) is 7.65. The number of hydrogen-bond acceptors (Lipinski definition) is 4. The zero-order chi connectivity index (χ0) is 14.7. The van der Waals surface area contributed by atoms with E-state index in [0.717, 1.165) is 17.9 Å². The molecule has 0 radical (unpaired) electrons. The quantitative estimate of drug-likeness (QED) is 0.672. The fourth-order valence-electron chi connectivity index (χ4n) is 2.62. The van der Waals surface area contributed by atoms with Crippen molar-refractivity contribution in [3.05, 3.63) is 59.7 Å². The van der Waals surface area contributed by atoms with Crippen LogP contribution in [0.4, 0.5) is 0 Å². The number of benzene rings is 2. The van der Waals surface area contributed by atoms with Gasteiger partial charge in [0, 0.05) is 10.6 Å². The summed E-state index contributed by atoms with van der Waals surface area (Å²) in [5.41, 5.74) is 5.43. The molecule has 0 aliphatic carbocycles. The predicted octanol–water partition coefficient (Wildman–Crippen LogP) is 3.31. The minimum absolute atomic E-state index is 0.00245. The average Bonchev–Trinajstić information content (AvgIpc) is 2.56. The summed E-state index contributed by atoms with van der Waals surface area (Å²) in [4.78, 5) is 1.20. The molecule has 3 rings (SSSR count). The Morgan fingerprint density at radius 1 is 1.29 bits per heavy atom. The largest absolute Gasteiger partial charge is 0.486 e. The first-order valence-corrected chi connectivity index (χ1v) is 8.24. The van der Waals surface area contributed by atoms with Gasteiger partial charge in [0.25, 0.3) is 0 Å². The van der Waals surface area contributed by atoms with E-state index in [9.17, 15) is 0 Å². The smallest absolute Gasteiger partial charge is 0.133 e. The highest BCUT2D eigenvalue weighted by molar-refractivity contribution is 7.99. The lowest BCUT2D eigenvalue weighted by Crippen LogP contribution is -2.42. The van der Waals surface area contributed by atoms with E-state index in [4.69, 9.17) is 10.6 Å². The highest BCUT2D eigenvalue weighted by Gasteiger charge is 2.28. The molecule has 3 N–H and O–H groups in total. The minimum atomic E-state index is -0.00245. The van der Waals surface area contributed by atoms with Gasteiger partial charge in [-0.1, -0.05) is 43.3 Å². The summed E-state index contributed by atoms with van der Waals surface area (Å²) in [6.45, 7) is 2.16. The third kappa shape index (κ3) is 3.07. The van der Waals surface area contributed by atoms with Gasteiger partial charge in [-0.05, 0) is 29.7 Å². The average molecular weight is 300 g/mol. The van der Waals surface area contributed by atoms with E-state index >= 15 is 0 Å². The van der Waals surface area contributed by atoms with Crippen molar-refractivity contribution >= 4 is 11.8 Å². The molecule has 0 aromatic heterocycles. The van der Waals surface area contributed by atoms with Crippen LogP contribution in [0.2, 0.25) is 0 Å². The van der Waals surface area contributed by atoms with Gasteiger partial charge in [-0.2, -0.15) is 0 Å². The van der Waals surface area contributed by atoms with Crippen molar-refractivity contribution in [3.8, 4) is 5.75 Å². The molecule has 4 heteroatoms. The van der Waals surface area contributed by atoms with Crippen LogP contribution in [0.1, 0.15) is 24.1 Å². The summed E-state index contributed by atoms with van der Waals surface area (Å²) in [5, 5.41) is 0. The monoisotopic (exact) mass is 300 g/mol. The number of fused-ring (bicyclic) bond motifs is 1. The van der Waals surface area contributed by atoms with Crippen LogP contribution in [0.5, 0.6) is 5.75 Å². The highest BCUT2D eigenvalue weighted by Crippen LogP contribution is 2.38. The lowest BCUT2D eigenvalue weighted by atomic mass is 9.99. The second-order valence-corrected chi connectivity index (χ2v) is 6.22. The Morgan fingerprint density at radius 2 is 2.14 bits per heavy atom. The number of nitrogens with two attached hydrogens (primary N) is 1. The predicted molar refractivity (Wildman–Crippen MR) is 87.5 cm³/mol.